The number of nitrogens with zero attached hydrogens (tertiary/aromatic N) is 1. The van der Waals surface area contributed by atoms with Gasteiger partial charge < -0.3 is 5.73 Å². The predicted octanol–water partition coefficient (Wildman–Crippen LogP) is 1.42. The molecule has 4 nitrogen and oxygen atoms in total. The van der Waals surface area contributed by atoms with Crippen molar-refractivity contribution in [2.45, 2.75) is 24.8 Å². The highest BCUT2D eigenvalue weighted by molar-refractivity contribution is 7.89. The first-order valence-corrected chi connectivity index (χ1v) is 7.64. The molecule has 0 aromatic heterocycles. The van der Waals surface area contributed by atoms with Crippen molar-refractivity contribution in [2.24, 2.45) is 17.6 Å². The van der Waals surface area contributed by atoms with Gasteiger partial charge in [0.2, 0.25) is 10.0 Å². The Balaban J connectivity index is 2.18. The first-order chi connectivity index (χ1) is 8.45. The highest BCUT2D eigenvalue weighted by atomic mass is 32.2. The second kappa shape index (κ2) is 4.99. The Labute approximate surface area is 109 Å². The Morgan fingerprint density at radius 2 is 2.11 bits per heavy atom. The minimum atomic E-state index is -3.37. The Hall–Kier alpha value is -0.910. The number of hydrogen-bond donors (Lipinski definition) is 1. The largest absolute Gasteiger partial charge is 0.326 e. The van der Waals surface area contributed by atoms with Crippen molar-refractivity contribution in [1.82, 2.24) is 4.31 Å². The predicted molar refractivity (Wildman–Crippen MR) is 71.4 cm³/mol. The molecule has 1 aromatic carbocycles. The Morgan fingerprint density at radius 3 is 2.67 bits per heavy atom. The lowest BCUT2D eigenvalue weighted by Gasteiger charge is -2.17. The molecule has 100 valence electrons. The summed E-state index contributed by atoms with van der Waals surface area (Å²) in [5, 5.41) is 0. The summed E-state index contributed by atoms with van der Waals surface area (Å²) < 4.78 is 26.2. The van der Waals surface area contributed by atoms with Crippen molar-refractivity contribution < 1.29 is 8.42 Å². The molecule has 1 fully saturated rings. The van der Waals surface area contributed by atoms with Gasteiger partial charge in [0.05, 0.1) is 4.90 Å². The zero-order valence-electron chi connectivity index (χ0n) is 10.8. The summed E-state index contributed by atoms with van der Waals surface area (Å²) in [6.07, 6.45) is 1.13. The van der Waals surface area contributed by atoms with Crippen LogP contribution in [0.5, 0.6) is 0 Å². The van der Waals surface area contributed by atoms with Crippen LogP contribution in [-0.4, -0.2) is 26.3 Å². The minimum absolute atomic E-state index is 0.334. The normalized spacial score (nSPS) is 23.3. The number of benzene rings is 1. The van der Waals surface area contributed by atoms with E-state index in [-0.39, 0.29) is 0 Å². The zero-order valence-corrected chi connectivity index (χ0v) is 11.7. The van der Waals surface area contributed by atoms with Crippen molar-refractivity contribution in [2.75, 3.05) is 13.6 Å². The number of sulfonamides is 1. The molecule has 0 amide bonds. The van der Waals surface area contributed by atoms with Crippen LogP contribution in [-0.2, 0) is 16.6 Å². The van der Waals surface area contributed by atoms with Crippen LogP contribution in [0.1, 0.15) is 18.9 Å². The van der Waals surface area contributed by atoms with Gasteiger partial charge in [-0.1, -0.05) is 19.1 Å². The van der Waals surface area contributed by atoms with Gasteiger partial charge in [-0.2, -0.15) is 0 Å². The topological polar surface area (TPSA) is 63.4 Å². The van der Waals surface area contributed by atoms with Crippen LogP contribution in [0.25, 0.3) is 0 Å². The summed E-state index contributed by atoms with van der Waals surface area (Å²) in [4.78, 5) is 0.334. The third kappa shape index (κ3) is 2.74. The molecule has 0 radical (unpaired) electrons. The van der Waals surface area contributed by atoms with Crippen molar-refractivity contribution in [3.05, 3.63) is 29.8 Å². The molecule has 1 aliphatic carbocycles. The first kappa shape index (κ1) is 13.5. The lowest BCUT2D eigenvalue weighted by Crippen LogP contribution is -2.29. The van der Waals surface area contributed by atoms with E-state index in [2.05, 4.69) is 6.92 Å². The standard InChI is InChI=1S/C13H20N2O2S/c1-10-6-12(10)9-15(2)18(16,17)13-5-3-4-11(7-13)8-14/h3-5,7,10,12H,6,8-9,14H2,1-2H3. The summed E-state index contributed by atoms with van der Waals surface area (Å²) in [5.74, 6) is 1.17. The molecule has 0 heterocycles. The van der Waals surface area contributed by atoms with E-state index < -0.39 is 10.0 Å². The van der Waals surface area contributed by atoms with Gasteiger partial charge in [-0.15, -0.1) is 0 Å². The molecule has 2 N–H and O–H groups in total. The lowest BCUT2D eigenvalue weighted by molar-refractivity contribution is 0.444. The molecule has 2 rings (SSSR count). The maximum Gasteiger partial charge on any atom is 0.242 e. The molecular formula is C13H20N2O2S. The Morgan fingerprint density at radius 1 is 1.44 bits per heavy atom. The van der Waals surface area contributed by atoms with Crippen molar-refractivity contribution >= 4 is 10.0 Å². The van der Waals surface area contributed by atoms with Crippen LogP contribution >= 0.6 is 0 Å². The van der Waals surface area contributed by atoms with Crippen molar-refractivity contribution in [1.29, 1.82) is 0 Å². The number of nitrogens with two attached hydrogens (primary N) is 1. The average Bonchev–Trinajstić information content (AvgIpc) is 3.04. The van der Waals surface area contributed by atoms with E-state index in [1.54, 1.807) is 25.2 Å². The van der Waals surface area contributed by atoms with E-state index in [0.717, 1.165) is 12.0 Å². The smallest absolute Gasteiger partial charge is 0.242 e. The fraction of sp³-hybridized carbons (Fsp3) is 0.538. The fourth-order valence-corrected chi connectivity index (χ4v) is 3.39. The molecule has 0 spiro atoms. The Kier molecular flexibility index (Phi) is 3.75. The molecule has 0 aliphatic heterocycles. The van der Waals surface area contributed by atoms with E-state index in [1.165, 1.54) is 4.31 Å². The van der Waals surface area contributed by atoms with E-state index in [9.17, 15) is 8.42 Å². The van der Waals surface area contributed by atoms with Crippen LogP contribution in [0, 0.1) is 11.8 Å². The summed E-state index contributed by atoms with van der Waals surface area (Å²) in [7, 11) is -1.72. The summed E-state index contributed by atoms with van der Waals surface area (Å²) in [6, 6.07) is 6.86. The van der Waals surface area contributed by atoms with Crippen molar-refractivity contribution in [3.63, 3.8) is 0 Å². The summed E-state index contributed by atoms with van der Waals surface area (Å²) in [5.41, 5.74) is 6.38. The van der Waals surface area contributed by atoms with Gasteiger partial charge in [0.25, 0.3) is 0 Å². The van der Waals surface area contributed by atoms with E-state index in [0.29, 0.717) is 29.8 Å². The van der Waals surface area contributed by atoms with Gasteiger partial charge >= 0.3 is 0 Å². The first-order valence-electron chi connectivity index (χ1n) is 6.20. The quantitative estimate of drug-likeness (QED) is 0.878. The lowest BCUT2D eigenvalue weighted by atomic mass is 10.2. The van der Waals surface area contributed by atoms with Gasteiger partial charge in [0.1, 0.15) is 0 Å². The van der Waals surface area contributed by atoms with Crippen LogP contribution < -0.4 is 5.73 Å². The molecular weight excluding hydrogens is 248 g/mol. The fourth-order valence-electron chi connectivity index (χ4n) is 2.09. The SMILES string of the molecule is CC1CC1CN(C)S(=O)(=O)c1cccc(CN)c1. The molecule has 1 aromatic rings. The van der Waals surface area contributed by atoms with Crippen LogP contribution in [0.15, 0.2) is 29.2 Å². The summed E-state index contributed by atoms with van der Waals surface area (Å²) >= 11 is 0. The molecule has 2 unspecified atom stereocenters. The molecule has 0 bridgehead atoms. The third-order valence-electron chi connectivity index (χ3n) is 3.61. The molecule has 1 aliphatic rings. The van der Waals surface area contributed by atoms with Gasteiger partial charge in [0.15, 0.2) is 0 Å². The monoisotopic (exact) mass is 268 g/mol. The maximum atomic E-state index is 12.4. The second-order valence-corrected chi connectivity index (χ2v) is 7.16. The van der Waals surface area contributed by atoms with E-state index in [1.807, 2.05) is 6.07 Å². The molecule has 18 heavy (non-hydrogen) atoms. The van der Waals surface area contributed by atoms with Gasteiger partial charge in [-0.05, 0) is 36.0 Å². The highest BCUT2D eigenvalue weighted by Gasteiger charge is 2.36. The molecule has 1 saturated carbocycles. The van der Waals surface area contributed by atoms with E-state index >= 15 is 0 Å². The van der Waals surface area contributed by atoms with Crippen LogP contribution in [0.3, 0.4) is 0 Å². The van der Waals surface area contributed by atoms with Gasteiger partial charge in [-0.3, -0.25) is 0 Å². The Bertz CT molecular complexity index is 528. The average molecular weight is 268 g/mol. The third-order valence-corrected chi connectivity index (χ3v) is 5.43. The molecule has 0 saturated heterocycles. The van der Waals surface area contributed by atoms with Gasteiger partial charge in [-0.25, -0.2) is 12.7 Å². The zero-order chi connectivity index (χ0) is 13.3. The molecule has 2 atom stereocenters. The van der Waals surface area contributed by atoms with Crippen LogP contribution in [0.2, 0.25) is 0 Å². The number of hydrogen-bond acceptors (Lipinski definition) is 3. The van der Waals surface area contributed by atoms with Crippen molar-refractivity contribution in [3.8, 4) is 0 Å². The van der Waals surface area contributed by atoms with E-state index in [4.69, 9.17) is 5.73 Å². The summed E-state index contributed by atoms with van der Waals surface area (Å²) in [6.45, 7) is 3.11. The second-order valence-electron chi connectivity index (χ2n) is 5.11. The highest BCUT2D eigenvalue weighted by Crippen LogP contribution is 2.38. The van der Waals surface area contributed by atoms with Crippen LogP contribution in [0.4, 0.5) is 0 Å². The number of rotatable bonds is 5. The molecule has 5 heteroatoms. The maximum absolute atomic E-state index is 12.4. The minimum Gasteiger partial charge on any atom is -0.326 e. The van der Waals surface area contributed by atoms with Gasteiger partial charge in [0, 0.05) is 20.1 Å².